The van der Waals surface area contributed by atoms with Crippen LogP contribution in [0.25, 0.3) is 0 Å². The quantitative estimate of drug-likeness (QED) is 0.830. The molecule has 4 nitrogen and oxygen atoms in total. The molecule has 2 heterocycles. The zero-order valence-electron chi connectivity index (χ0n) is 12.8. The van der Waals surface area contributed by atoms with Crippen LogP contribution in [0.1, 0.15) is 51.9 Å². The van der Waals surface area contributed by atoms with Gasteiger partial charge in [-0.3, -0.25) is 9.69 Å². The molecule has 114 valence electrons. The van der Waals surface area contributed by atoms with Crippen LogP contribution >= 0.6 is 0 Å². The number of hydrogen-bond donors (Lipinski definition) is 1. The van der Waals surface area contributed by atoms with Crippen molar-refractivity contribution >= 4 is 5.91 Å². The molecule has 0 spiro atoms. The maximum atomic E-state index is 12.9. The molecule has 0 radical (unpaired) electrons. The highest BCUT2D eigenvalue weighted by molar-refractivity contribution is 5.82. The van der Waals surface area contributed by atoms with E-state index in [1.165, 1.54) is 32.1 Å². The maximum Gasteiger partial charge on any atom is 0.240 e. The Labute approximate surface area is 122 Å². The number of likely N-dealkylation sites (tertiary alicyclic amines) is 1. The lowest BCUT2D eigenvalue weighted by atomic mass is 10.0. The monoisotopic (exact) mass is 279 g/mol. The molecule has 0 bridgehead atoms. The van der Waals surface area contributed by atoms with Crippen molar-refractivity contribution in [2.24, 2.45) is 0 Å². The van der Waals surface area contributed by atoms with Crippen LogP contribution in [-0.4, -0.2) is 60.0 Å². The lowest BCUT2D eigenvalue weighted by molar-refractivity contribution is -0.137. The molecule has 2 aliphatic heterocycles. The van der Waals surface area contributed by atoms with Crippen molar-refractivity contribution in [1.29, 1.82) is 0 Å². The summed E-state index contributed by atoms with van der Waals surface area (Å²) in [5.41, 5.74) is 0. The fraction of sp³-hybridized carbons (Fsp3) is 0.938. The number of carbonyl (C=O) groups excluding carboxylic acids is 1. The molecule has 1 atom stereocenters. The number of piperidine rings is 1. The second-order valence-electron chi connectivity index (χ2n) is 6.64. The number of amides is 1. The molecule has 3 aliphatic rings. The number of rotatable bonds is 5. The van der Waals surface area contributed by atoms with Crippen molar-refractivity contribution in [2.45, 2.75) is 70.0 Å². The molecule has 20 heavy (non-hydrogen) atoms. The van der Waals surface area contributed by atoms with Crippen LogP contribution in [0.5, 0.6) is 0 Å². The zero-order valence-corrected chi connectivity index (χ0v) is 12.8. The first-order chi connectivity index (χ1) is 9.81. The molecule has 3 fully saturated rings. The van der Waals surface area contributed by atoms with E-state index < -0.39 is 0 Å². The Bertz CT molecular complexity index is 337. The molecule has 1 N–H and O–H groups in total. The van der Waals surface area contributed by atoms with Gasteiger partial charge in [0.25, 0.3) is 0 Å². The normalized spacial score (nSPS) is 28.8. The highest BCUT2D eigenvalue weighted by atomic mass is 16.2. The minimum absolute atomic E-state index is 0.185. The van der Waals surface area contributed by atoms with E-state index in [2.05, 4.69) is 22.0 Å². The second-order valence-corrected chi connectivity index (χ2v) is 6.64. The summed E-state index contributed by atoms with van der Waals surface area (Å²) in [4.78, 5) is 17.7. The first kappa shape index (κ1) is 14.3. The molecular formula is C16H29N3O. The minimum Gasteiger partial charge on any atom is -0.338 e. The summed E-state index contributed by atoms with van der Waals surface area (Å²) in [5.74, 6) is 0.436. The average molecular weight is 279 g/mol. The largest absolute Gasteiger partial charge is 0.338 e. The first-order valence-corrected chi connectivity index (χ1v) is 8.58. The summed E-state index contributed by atoms with van der Waals surface area (Å²) in [6, 6.07) is 1.39. The summed E-state index contributed by atoms with van der Waals surface area (Å²) in [5, 5.41) is 3.43. The highest BCUT2D eigenvalue weighted by Gasteiger charge is 2.41. The molecule has 3 rings (SSSR count). The molecule has 1 unspecified atom stereocenters. The topological polar surface area (TPSA) is 35.6 Å². The molecule has 2 saturated heterocycles. The van der Waals surface area contributed by atoms with Crippen molar-refractivity contribution in [3.63, 3.8) is 0 Å². The van der Waals surface area contributed by atoms with Gasteiger partial charge < -0.3 is 10.2 Å². The molecule has 0 aromatic heterocycles. The number of nitrogens with one attached hydrogen (secondary N) is 1. The number of carbonyl (C=O) groups is 1. The fourth-order valence-corrected chi connectivity index (χ4v) is 3.92. The van der Waals surface area contributed by atoms with Gasteiger partial charge in [0.2, 0.25) is 5.91 Å². The smallest absolute Gasteiger partial charge is 0.240 e. The van der Waals surface area contributed by atoms with Gasteiger partial charge in [0, 0.05) is 18.6 Å². The second kappa shape index (κ2) is 6.44. The van der Waals surface area contributed by atoms with Gasteiger partial charge in [0.05, 0.1) is 6.04 Å². The van der Waals surface area contributed by atoms with Crippen LogP contribution in [0.3, 0.4) is 0 Å². The summed E-state index contributed by atoms with van der Waals surface area (Å²) < 4.78 is 0. The number of nitrogens with zero attached hydrogens (tertiary/aromatic N) is 2. The molecule has 1 aliphatic carbocycles. The minimum atomic E-state index is 0.185. The van der Waals surface area contributed by atoms with Gasteiger partial charge in [0.15, 0.2) is 0 Å². The SMILES string of the molecule is CCCN(C(=O)C1CCCN1C1CCNCC1)C1CC1. The third-order valence-electron chi connectivity index (χ3n) is 5.09. The Morgan fingerprint density at radius 1 is 1.20 bits per heavy atom. The van der Waals surface area contributed by atoms with Gasteiger partial charge in [0.1, 0.15) is 0 Å². The van der Waals surface area contributed by atoms with Gasteiger partial charge in [-0.1, -0.05) is 6.92 Å². The highest BCUT2D eigenvalue weighted by Crippen LogP contribution is 2.31. The van der Waals surface area contributed by atoms with Crippen LogP contribution in [0.4, 0.5) is 0 Å². The Morgan fingerprint density at radius 2 is 1.95 bits per heavy atom. The van der Waals surface area contributed by atoms with E-state index in [0.717, 1.165) is 39.0 Å². The van der Waals surface area contributed by atoms with Gasteiger partial charge in [-0.25, -0.2) is 0 Å². The van der Waals surface area contributed by atoms with Gasteiger partial charge in [-0.2, -0.15) is 0 Å². The third-order valence-corrected chi connectivity index (χ3v) is 5.09. The molecule has 0 aromatic carbocycles. The zero-order chi connectivity index (χ0) is 13.9. The Hall–Kier alpha value is -0.610. The molecule has 0 aromatic rings. The number of hydrogen-bond acceptors (Lipinski definition) is 3. The predicted molar refractivity (Wildman–Crippen MR) is 80.6 cm³/mol. The maximum absolute atomic E-state index is 12.9. The summed E-state index contributed by atoms with van der Waals surface area (Å²) in [6.07, 6.45) is 8.24. The lowest BCUT2D eigenvalue weighted by Gasteiger charge is -2.37. The standard InChI is InChI=1S/C16H29N3O/c1-2-11-19(13-5-6-13)16(20)15-4-3-12-18(15)14-7-9-17-10-8-14/h13-15,17H,2-12H2,1H3. The van der Waals surface area contributed by atoms with E-state index in [1.807, 2.05) is 0 Å². The van der Waals surface area contributed by atoms with Crippen molar-refractivity contribution in [2.75, 3.05) is 26.2 Å². The van der Waals surface area contributed by atoms with Crippen molar-refractivity contribution in [3.05, 3.63) is 0 Å². The Kier molecular flexibility index (Phi) is 4.61. The molecule has 1 amide bonds. The summed E-state index contributed by atoms with van der Waals surface area (Å²) in [7, 11) is 0. The average Bonchev–Trinajstić information content (AvgIpc) is 3.20. The first-order valence-electron chi connectivity index (χ1n) is 8.58. The van der Waals surface area contributed by atoms with E-state index in [4.69, 9.17) is 0 Å². The van der Waals surface area contributed by atoms with Crippen molar-refractivity contribution in [1.82, 2.24) is 15.1 Å². The van der Waals surface area contributed by atoms with Crippen molar-refractivity contribution in [3.8, 4) is 0 Å². The van der Waals surface area contributed by atoms with Gasteiger partial charge >= 0.3 is 0 Å². The predicted octanol–water partition coefficient (Wildman–Crippen LogP) is 1.60. The van der Waals surface area contributed by atoms with E-state index >= 15 is 0 Å². The third kappa shape index (κ3) is 3.01. The lowest BCUT2D eigenvalue weighted by Crippen LogP contribution is -2.52. The van der Waals surface area contributed by atoms with E-state index in [-0.39, 0.29) is 6.04 Å². The van der Waals surface area contributed by atoms with E-state index in [1.54, 1.807) is 0 Å². The Balaban J connectivity index is 1.65. The van der Waals surface area contributed by atoms with E-state index in [0.29, 0.717) is 18.0 Å². The molecular weight excluding hydrogens is 250 g/mol. The fourth-order valence-electron chi connectivity index (χ4n) is 3.92. The van der Waals surface area contributed by atoms with Gasteiger partial charge in [-0.05, 0) is 64.6 Å². The summed E-state index contributed by atoms with van der Waals surface area (Å²) >= 11 is 0. The van der Waals surface area contributed by atoms with Gasteiger partial charge in [-0.15, -0.1) is 0 Å². The van der Waals surface area contributed by atoms with Crippen LogP contribution in [0, 0.1) is 0 Å². The van der Waals surface area contributed by atoms with Crippen LogP contribution in [-0.2, 0) is 4.79 Å². The van der Waals surface area contributed by atoms with E-state index in [9.17, 15) is 4.79 Å². The summed E-state index contributed by atoms with van der Waals surface area (Å²) in [6.45, 7) is 6.50. The molecule has 4 heteroatoms. The van der Waals surface area contributed by atoms with Crippen LogP contribution in [0.2, 0.25) is 0 Å². The Morgan fingerprint density at radius 3 is 2.60 bits per heavy atom. The van der Waals surface area contributed by atoms with Crippen molar-refractivity contribution < 1.29 is 4.79 Å². The van der Waals surface area contributed by atoms with Crippen LogP contribution < -0.4 is 5.32 Å². The van der Waals surface area contributed by atoms with Crippen LogP contribution in [0.15, 0.2) is 0 Å². The molecule has 1 saturated carbocycles.